The Morgan fingerprint density at radius 1 is 1.19 bits per heavy atom. The predicted octanol–water partition coefficient (Wildman–Crippen LogP) is 4.52. The molecule has 6 heteroatoms. The Morgan fingerprint density at radius 3 is 2.59 bits per heavy atom. The zero-order valence-electron chi connectivity index (χ0n) is 18.3. The van der Waals surface area contributed by atoms with Crippen LogP contribution in [-0.4, -0.2) is 34.7 Å². The minimum absolute atomic E-state index is 0.125. The topological polar surface area (TPSA) is 76.3 Å². The number of Topliss-reactive ketones (excluding diaryl/α,β-unsaturated/α-hetero) is 1. The lowest BCUT2D eigenvalue weighted by Gasteiger charge is -2.44. The number of ketones is 1. The zero-order chi connectivity index (χ0) is 22.7. The second-order valence-electron chi connectivity index (χ2n) is 8.76. The maximum absolute atomic E-state index is 13.6. The molecule has 0 bridgehead atoms. The number of hydrogen-bond acceptors (Lipinski definition) is 5. The Morgan fingerprint density at radius 2 is 1.97 bits per heavy atom. The number of piperidine rings is 1. The highest BCUT2D eigenvalue weighted by Crippen LogP contribution is 2.41. The maximum Gasteiger partial charge on any atom is 0.248 e. The van der Waals surface area contributed by atoms with E-state index in [9.17, 15) is 9.59 Å². The fourth-order valence-corrected chi connectivity index (χ4v) is 4.98. The van der Waals surface area contributed by atoms with Crippen LogP contribution in [-0.2, 0) is 11.2 Å². The number of likely N-dealkylation sites (tertiary alicyclic amines) is 1. The van der Waals surface area contributed by atoms with Crippen molar-refractivity contribution >= 4 is 29.1 Å². The van der Waals surface area contributed by atoms with E-state index in [1.165, 1.54) is 4.88 Å². The van der Waals surface area contributed by atoms with Crippen LogP contribution in [0, 0.1) is 5.41 Å². The molecule has 1 fully saturated rings. The van der Waals surface area contributed by atoms with E-state index in [1.807, 2.05) is 50.3 Å². The van der Waals surface area contributed by atoms with Crippen LogP contribution in [0.4, 0.5) is 0 Å². The number of carbonyl (C=O) groups excluding carboxylic acids is 2. The summed E-state index contributed by atoms with van der Waals surface area (Å²) in [6.07, 6.45) is 4.55. The van der Waals surface area contributed by atoms with E-state index < -0.39 is 11.3 Å². The van der Waals surface area contributed by atoms with Crippen molar-refractivity contribution in [1.29, 1.82) is 0 Å². The summed E-state index contributed by atoms with van der Waals surface area (Å²) >= 11 is 1.75. The second kappa shape index (κ2) is 9.18. The lowest BCUT2D eigenvalue weighted by atomic mass is 9.74. The van der Waals surface area contributed by atoms with Gasteiger partial charge in [0, 0.05) is 40.7 Å². The van der Waals surface area contributed by atoms with E-state index >= 15 is 0 Å². The molecular weight excluding hydrogens is 418 g/mol. The Balaban J connectivity index is 1.78. The minimum atomic E-state index is -0.514. The zero-order valence-corrected chi connectivity index (χ0v) is 19.1. The van der Waals surface area contributed by atoms with Crippen molar-refractivity contribution < 1.29 is 9.59 Å². The van der Waals surface area contributed by atoms with E-state index in [4.69, 9.17) is 5.73 Å². The molecule has 1 amide bonds. The summed E-state index contributed by atoms with van der Waals surface area (Å²) in [6.45, 7) is 5.48. The van der Waals surface area contributed by atoms with Crippen molar-refractivity contribution in [2.24, 2.45) is 11.1 Å². The third-order valence-electron chi connectivity index (χ3n) is 5.86. The molecule has 0 saturated carbocycles. The number of nitrogens with zero attached hydrogens (tertiary/aromatic N) is 2. The van der Waals surface area contributed by atoms with Crippen molar-refractivity contribution in [2.75, 3.05) is 13.1 Å². The molecule has 1 saturated heterocycles. The number of pyridine rings is 1. The molecule has 164 valence electrons. The van der Waals surface area contributed by atoms with Gasteiger partial charge in [0.1, 0.15) is 0 Å². The lowest BCUT2D eigenvalue weighted by molar-refractivity contribution is -0.128. The van der Waals surface area contributed by atoms with Gasteiger partial charge in [-0.15, -0.1) is 11.3 Å². The number of amides is 1. The Labute approximate surface area is 192 Å². The number of carbonyl (C=O) groups is 2. The van der Waals surface area contributed by atoms with Gasteiger partial charge in [0.25, 0.3) is 0 Å². The monoisotopic (exact) mass is 445 g/mol. The molecule has 3 aromatic rings. The van der Waals surface area contributed by atoms with Crippen molar-refractivity contribution in [1.82, 2.24) is 9.88 Å². The quantitative estimate of drug-likeness (QED) is 0.566. The van der Waals surface area contributed by atoms with Gasteiger partial charge in [0.15, 0.2) is 5.78 Å². The summed E-state index contributed by atoms with van der Waals surface area (Å²) in [7, 11) is 0. The van der Waals surface area contributed by atoms with Gasteiger partial charge in [-0.1, -0.05) is 38.1 Å². The molecule has 1 aromatic carbocycles. The van der Waals surface area contributed by atoms with Gasteiger partial charge in [0.2, 0.25) is 5.91 Å². The van der Waals surface area contributed by atoms with Gasteiger partial charge in [-0.2, -0.15) is 0 Å². The van der Waals surface area contributed by atoms with Crippen molar-refractivity contribution in [3.63, 3.8) is 0 Å². The normalized spacial score (nSPS) is 19.9. The van der Waals surface area contributed by atoms with Crippen LogP contribution in [0.3, 0.4) is 0 Å². The Hall–Kier alpha value is -3.09. The van der Waals surface area contributed by atoms with Gasteiger partial charge in [0.05, 0.1) is 11.7 Å². The molecule has 2 aromatic heterocycles. The van der Waals surface area contributed by atoms with Crippen molar-refractivity contribution in [3.8, 4) is 0 Å². The van der Waals surface area contributed by atoms with E-state index in [2.05, 4.69) is 27.4 Å². The molecule has 0 radical (unpaired) electrons. The molecule has 1 atom stereocenters. The predicted molar refractivity (Wildman–Crippen MR) is 128 cm³/mol. The van der Waals surface area contributed by atoms with Crippen molar-refractivity contribution in [3.05, 3.63) is 93.4 Å². The van der Waals surface area contributed by atoms with Crippen LogP contribution in [0.2, 0.25) is 0 Å². The molecule has 1 aliphatic rings. The molecule has 0 spiro atoms. The summed E-state index contributed by atoms with van der Waals surface area (Å²) in [5, 5.41) is 2.09. The number of benzene rings is 1. The molecular formula is C26H27N3O2S. The summed E-state index contributed by atoms with van der Waals surface area (Å²) < 4.78 is 0. The van der Waals surface area contributed by atoms with Gasteiger partial charge >= 0.3 is 0 Å². The molecule has 2 N–H and O–H groups in total. The number of primary amides is 1. The largest absolute Gasteiger partial charge is 0.366 e. The first-order valence-electron chi connectivity index (χ1n) is 10.7. The highest BCUT2D eigenvalue weighted by Gasteiger charge is 2.43. The van der Waals surface area contributed by atoms with E-state index in [0.717, 1.165) is 29.8 Å². The number of nitrogens with two attached hydrogens (primary N) is 1. The third-order valence-corrected chi connectivity index (χ3v) is 6.80. The van der Waals surface area contributed by atoms with Crippen molar-refractivity contribution in [2.45, 2.75) is 26.3 Å². The molecule has 1 unspecified atom stereocenters. The van der Waals surface area contributed by atoms with Gasteiger partial charge in [-0.3, -0.25) is 19.5 Å². The van der Waals surface area contributed by atoms with Gasteiger partial charge in [-0.05, 0) is 53.8 Å². The molecule has 1 aliphatic heterocycles. The standard InChI is InChI=1S/C26H27N3O2S/c1-26(2)17-29(14-12-21-7-5-15-32-21)23(18-8-10-19(11-9-18)25(27)31)22(24(26)30)16-20-6-3-4-13-28-20/h3-11,13,15-16,23H,12,14,17H2,1-2H3,(H2,27,31)/b22-16+. The van der Waals surface area contributed by atoms with Crippen LogP contribution in [0.1, 0.15) is 46.4 Å². The van der Waals surface area contributed by atoms with Crippen LogP contribution in [0.25, 0.3) is 6.08 Å². The molecule has 3 heterocycles. The number of aromatic nitrogens is 1. The second-order valence-corrected chi connectivity index (χ2v) is 9.79. The van der Waals surface area contributed by atoms with Gasteiger partial charge < -0.3 is 5.73 Å². The van der Waals surface area contributed by atoms with Crippen LogP contribution >= 0.6 is 11.3 Å². The molecule has 4 rings (SSSR count). The van der Waals surface area contributed by atoms with E-state index in [-0.39, 0.29) is 11.8 Å². The average Bonchev–Trinajstić information content (AvgIpc) is 3.30. The van der Waals surface area contributed by atoms with Gasteiger partial charge in [-0.25, -0.2) is 0 Å². The van der Waals surface area contributed by atoms with E-state index in [0.29, 0.717) is 12.1 Å². The van der Waals surface area contributed by atoms with E-state index in [1.54, 1.807) is 29.7 Å². The molecule has 5 nitrogen and oxygen atoms in total. The molecule has 0 aliphatic carbocycles. The SMILES string of the molecule is CC1(C)CN(CCc2cccs2)C(c2ccc(C(N)=O)cc2)/C(=C\c2ccccn2)C1=O. The average molecular weight is 446 g/mol. The fourth-order valence-electron chi connectivity index (χ4n) is 4.28. The maximum atomic E-state index is 13.6. The third kappa shape index (κ3) is 4.71. The van der Waals surface area contributed by atoms with Crippen LogP contribution in [0.5, 0.6) is 0 Å². The van der Waals surface area contributed by atoms with Crippen LogP contribution < -0.4 is 5.73 Å². The first-order chi connectivity index (χ1) is 15.3. The Bertz CT molecular complexity index is 1120. The summed E-state index contributed by atoms with van der Waals surface area (Å²) in [5.41, 5.74) is 7.82. The first kappa shape index (κ1) is 22.1. The lowest BCUT2D eigenvalue weighted by Crippen LogP contribution is -2.49. The summed E-state index contributed by atoms with van der Waals surface area (Å²) in [6, 6.07) is 17.0. The number of hydrogen-bond donors (Lipinski definition) is 1. The fraction of sp³-hybridized carbons (Fsp3) is 0.269. The Kier molecular flexibility index (Phi) is 6.35. The highest BCUT2D eigenvalue weighted by atomic mass is 32.1. The first-order valence-corrected chi connectivity index (χ1v) is 11.6. The van der Waals surface area contributed by atoms with Crippen LogP contribution in [0.15, 0.2) is 71.7 Å². The number of thiophene rings is 1. The number of rotatable bonds is 6. The summed E-state index contributed by atoms with van der Waals surface area (Å²) in [5.74, 6) is -0.337. The highest BCUT2D eigenvalue weighted by molar-refractivity contribution is 7.09. The molecule has 32 heavy (non-hydrogen) atoms. The summed E-state index contributed by atoms with van der Waals surface area (Å²) in [4.78, 5) is 33.3. The minimum Gasteiger partial charge on any atom is -0.366 e. The smallest absolute Gasteiger partial charge is 0.248 e.